The third kappa shape index (κ3) is 5.38. The molecule has 0 bridgehead atoms. The second-order valence-electron chi connectivity index (χ2n) is 4.69. The molecule has 0 fully saturated rings. The van der Waals surface area contributed by atoms with Crippen LogP contribution >= 0.6 is 0 Å². The van der Waals surface area contributed by atoms with E-state index in [4.69, 9.17) is 4.84 Å². The minimum atomic E-state index is -4.43. The molecule has 0 unspecified atom stereocenters. The van der Waals surface area contributed by atoms with Crippen LogP contribution < -0.4 is 5.32 Å². The maximum atomic E-state index is 12.9. The fourth-order valence-corrected chi connectivity index (χ4v) is 1.72. The van der Waals surface area contributed by atoms with Gasteiger partial charge in [0.05, 0.1) is 11.8 Å². The van der Waals surface area contributed by atoms with Crippen LogP contribution in [0.25, 0.3) is 0 Å². The van der Waals surface area contributed by atoms with Gasteiger partial charge in [0.15, 0.2) is 6.61 Å². The van der Waals surface area contributed by atoms with Crippen molar-refractivity contribution >= 4 is 17.8 Å². The van der Waals surface area contributed by atoms with E-state index in [2.05, 4.69) is 10.5 Å². The van der Waals surface area contributed by atoms with Crippen LogP contribution in [-0.4, -0.2) is 18.7 Å². The second-order valence-corrected chi connectivity index (χ2v) is 4.69. The normalized spacial score (nSPS) is 11.5. The Labute approximate surface area is 134 Å². The van der Waals surface area contributed by atoms with Gasteiger partial charge in [-0.3, -0.25) is 4.79 Å². The summed E-state index contributed by atoms with van der Waals surface area (Å²) in [5.41, 5.74) is -0.153. The number of carbonyl (C=O) groups excluding carboxylic acids is 1. The smallest absolute Gasteiger partial charge is 0.386 e. The molecule has 0 aliphatic carbocycles. The van der Waals surface area contributed by atoms with E-state index in [0.29, 0.717) is 5.56 Å². The molecule has 2 rings (SSSR count). The molecule has 126 valence electrons. The molecule has 0 spiro atoms. The van der Waals surface area contributed by atoms with Crippen LogP contribution in [0.15, 0.2) is 53.7 Å². The largest absolute Gasteiger partial charge is 0.416 e. The van der Waals surface area contributed by atoms with Gasteiger partial charge in [0, 0.05) is 5.69 Å². The Morgan fingerprint density at radius 3 is 2.50 bits per heavy atom. The van der Waals surface area contributed by atoms with Crippen molar-refractivity contribution in [3.63, 3.8) is 0 Å². The second kappa shape index (κ2) is 7.58. The van der Waals surface area contributed by atoms with Crippen LogP contribution in [-0.2, 0) is 15.8 Å². The van der Waals surface area contributed by atoms with Gasteiger partial charge in [-0.15, -0.1) is 0 Å². The van der Waals surface area contributed by atoms with E-state index in [0.717, 1.165) is 24.3 Å². The summed E-state index contributed by atoms with van der Waals surface area (Å²) < 4.78 is 50.1. The van der Waals surface area contributed by atoms with Gasteiger partial charge < -0.3 is 10.2 Å². The number of hydrogen-bond donors (Lipinski definition) is 1. The molecule has 1 N–H and O–H groups in total. The van der Waals surface area contributed by atoms with Crippen LogP contribution in [0.1, 0.15) is 11.1 Å². The maximum absolute atomic E-state index is 12.9. The Kier molecular flexibility index (Phi) is 5.51. The predicted molar refractivity (Wildman–Crippen MR) is 80.0 cm³/mol. The number of nitrogens with one attached hydrogen (secondary N) is 1. The highest BCUT2D eigenvalue weighted by Crippen LogP contribution is 2.29. The van der Waals surface area contributed by atoms with Crippen molar-refractivity contribution in [3.05, 3.63) is 65.5 Å². The molecule has 8 heteroatoms. The highest BCUT2D eigenvalue weighted by atomic mass is 19.4. The van der Waals surface area contributed by atoms with Crippen molar-refractivity contribution < 1.29 is 27.2 Å². The van der Waals surface area contributed by atoms with Crippen molar-refractivity contribution in [1.29, 1.82) is 0 Å². The molecule has 0 aromatic heterocycles. The molecule has 24 heavy (non-hydrogen) atoms. The average Bonchev–Trinajstić information content (AvgIpc) is 2.51. The number of nitrogens with zero attached hydrogens (tertiary/aromatic N) is 1. The highest BCUT2D eigenvalue weighted by Gasteiger charge is 2.29. The van der Waals surface area contributed by atoms with E-state index in [1.54, 1.807) is 6.07 Å². The van der Waals surface area contributed by atoms with Gasteiger partial charge in [-0.2, -0.15) is 13.2 Å². The Bertz CT molecular complexity index is 728. The van der Waals surface area contributed by atoms with Crippen LogP contribution in [0.5, 0.6) is 0 Å². The zero-order valence-corrected chi connectivity index (χ0v) is 12.2. The Hall–Kier alpha value is -2.90. The first-order valence-electron chi connectivity index (χ1n) is 6.72. The fraction of sp³-hybridized carbons (Fsp3) is 0.125. The summed E-state index contributed by atoms with van der Waals surface area (Å²) >= 11 is 0. The number of benzene rings is 2. The molecule has 2 aromatic rings. The van der Waals surface area contributed by atoms with Crippen LogP contribution in [0.4, 0.5) is 23.2 Å². The molecule has 0 aliphatic rings. The standard InChI is InChI=1S/C16H12F4N2O2/c17-13-3-1-2-11(8-13)9-21-24-10-15(23)22-14-6-4-12(5-7-14)16(18,19)20/h1-9H,10H2,(H,22,23)/b21-9+. The number of hydrogen-bond acceptors (Lipinski definition) is 3. The number of anilines is 1. The number of alkyl halides is 3. The lowest BCUT2D eigenvalue weighted by atomic mass is 10.2. The Balaban J connectivity index is 1.81. The van der Waals surface area contributed by atoms with Crippen molar-refractivity contribution in [2.45, 2.75) is 6.18 Å². The van der Waals surface area contributed by atoms with Gasteiger partial charge in [-0.1, -0.05) is 17.3 Å². The molecule has 0 saturated carbocycles. The third-order valence-corrected chi connectivity index (χ3v) is 2.82. The Morgan fingerprint density at radius 2 is 1.88 bits per heavy atom. The molecule has 0 heterocycles. The Morgan fingerprint density at radius 1 is 1.17 bits per heavy atom. The number of halogens is 4. The van der Waals surface area contributed by atoms with Crippen molar-refractivity contribution in [3.8, 4) is 0 Å². The molecule has 0 atom stereocenters. The lowest BCUT2D eigenvalue weighted by molar-refractivity contribution is -0.137. The molecular weight excluding hydrogens is 328 g/mol. The quantitative estimate of drug-likeness (QED) is 0.511. The SMILES string of the molecule is O=C(CO/N=C/c1cccc(F)c1)Nc1ccc(C(F)(F)F)cc1. The van der Waals surface area contributed by atoms with Crippen LogP contribution in [0.3, 0.4) is 0 Å². The lowest BCUT2D eigenvalue weighted by Gasteiger charge is -2.08. The first-order chi connectivity index (χ1) is 11.3. The van der Waals surface area contributed by atoms with E-state index in [-0.39, 0.29) is 5.69 Å². The van der Waals surface area contributed by atoms with E-state index >= 15 is 0 Å². The third-order valence-electron chi connectivity index (χ3n) is 2.82. The number of carbonyl (C=O) groups is 1. The van der Waals surface area contributed by atoms with E-state index < -0.39 is 30.1 Å². The van der Waals surface area contributed by atoms with Crippen LogP contribution in [0, 0.1) is 5.82 Å². The highest BCUT2D eigenvalue weighted by molar-refractivity contribution is 5.91. The van der Waals surface area contributed by atoms with Gasteiger partial charge in [-0.25, -0.2) is 4.39 Å². The summed E-state index contributed by atoms with van der Waals surface area (Å²) in [6.07, 6.45) is -3.20. The summed E-state index contributed by atoms with van der Waals surface area (Å²) in [5, 5.41) is 5.87. The van der Waals surface area contributed by atoms with Gasteiger partial charge in [0.1, 0.15) is 5.82 Å². The summed E-state index contributed by atoms with van der Waals surface area (Å²) in [7, 11) is 0. The molecule has 4 nitrogen and oxygen atoms in total. The van der Waals surface area contributed by atoms with Crippen LogP contribution in [0.2, 0.25) is 0 Å². The number of rotatable bonds is 5. The minimum absolute atomic E-state index is 0.200. The predicted octanol–water partition coefficient (Wildman–Crippen LogP) is 3.83. The molecule has 1 amide bonds. The van der Waals surface area contributed by atoms with Gasteiger partial charge in [0.25, 0.3) is 5.91 Å². The maximum Gasteiger partial charge on any atom is 0.416 e. The van der Waals surface area contributed by atoms with Crippen molar-refractivity contribution in [2.24, 2.45) is 5.16 Å². The van der Waals surface area contributed by atoms with E-state index in [9.17, 15) is 22.4 Å². The fourth-order valence-electron chi connectivity index (χ4n) is 1.72. The zero-order chi connectivity index (χ0) is 17.6. The zero-order valence-electron chi connectivity index (χ0n) is 12.2. The lowest BCUT2D eigenvalue weighted by Crippen LogP contribution is -2.17. The average molecular weight is 340 g/mol. The number of oxime groups is 1. The molecule has 2 aromatic carbocycles. The van der Waals surface area contributed by atoms with E-state index in [1.165, 1.54) is 24.4 Å². The molecule has 0 radical (unpaired) electrons. The minimum Gasteiger partial charge on any atom is -0.386 e. The van der Waals surface area contributed by atoms with Crippen molar-refractivity contribution in [2.75, 3.05) is 11.9 Å². The van der Waals surface area contributed by atoms with Crippen molar-refractivity contribution in [1.82, 2.24) is 0 Å². The topological polar surface area (TPSA) is 50.7 Å². The van der Waals surface area contributed by atoms with Gasteiger partial charge in [0.2, 0.25) is 0 Å². The summed E-state index contributed by atoms with van der Waals surface area (Å²) in [6, 6.07) is 9.58. The number of amides is 1. The summed E-state index contributed by atoms with van der Waals surface area (Å²) in [5.74, 6) is -1.02. The monoisotopic (exact) mass is 340 g/mol. The summed E-state index contributed by atoms with van der Waals surface area (Å²) in [4.78, 5) is 16.3. The first-order valence-corrected chi connectivity index (χ1v) is 6.72. The molecular formula is C16H12F4N2O2. The first kappa shape index (κ1) is 17.5. The van der Waals surface area contributed by atoms with Gasteiger partial charge >= 0.3 is 6.18 Å². The molecule has 0 aliphatic heterocycles. The van der Waals surface area contributed by atoms with Gasteiger partial charge in [-0.05, 0) is 42.0 Å². The van der Waals surface area contributed by atoms with E-state index in [1.807, 2.05) is 0 Å². The summed E-state index contributed by atoms with van der Waals surface area (Å²) in [6.45, 7) is -0.438. The molecule has 0 saturated heterocycles.